The Bertz CT molecular complexity index is 908. The Morgan fingerprint density at radius 2 is 1.48 bits per heavy atom. The Morgan fingerprint density at radius 3 is 2.09 bits per heavy atom. The molecule has 0 unspecified atom stereocenters. The molecule has 0 saturated heterocycles. The Balaban J connectivity index is 1.96. The molecule has 4 amide bonds. The lowest BCUT2D eigenvalue weighted by atomic mass is 9.87. The van der Waals surface area contributed by atoms with Gasteiger partial charge in [0.1, 0.15) is 6.04 Å². The number of amides is 4. The standard InChI is InChI=1S/C25H34N4O4/c1-25(2,3)18-14-16-20(17-15-18)27-24(32)28-21(12-8-5-9-13-22(30)29-33)23(31)26-19-10-6-4-7-11-19/h4,6-7,10-11,14-17,21,33H,5,8-9,12-13H2,1-3H3,(H,26,31)(H,29,30)(H2,27,28,32)/t21-/m0/s1. The molecule has 178 valence electrons. The summed E-state index contributed by atoms with van der Waals surface area (Å²) in [5, 5.41) is 16.9. The Kier molecular flexibility index (Phi) is 9.87. The number of urea groups is 1. The SMILES string of the molecule is CC(C)(C)c1ccc(NC(=O)N[C@@H](CCCCCC(=O)NO)C(=O)Nc2ccccc2)cc1. The number of benzene rings is 2. The molecule has 0 spiro atoms. The van der Waals surface area contributed by atoms with Crippen LogP contribution in [0.3, 0.4) is 0 Å². The number of carbonyl (C=O) groups excluding carboxylic acids is 3. The van der Waals surface area contributed by atoms with E-state index < -0.39 is 18.0 Å². The van der Waals surface area contributed by atoms with E-state index in [9.17, 15) is 14.4 Å². The van der Waals surface area contributed by atoms with Crippen molar-refractivity contribution in [3.63, 3.8) is 0 Å². The van der Waals surface area contributed by atoms with Crippen LogP contribution in [0.1, 0.15) is 58.4 Å². The number of nitrogens with one attached hydrogen (secondary N) is 4. The van der Waals surface area contributed by atoms with Crippen LogP contribution in [0.4, 0.5) is 16.2 Å². The van der Waals surface area contributed by atoms with Gasteiger partial charge in [-0.1, -0.05) is 63.9 Å². The molecule has 8 nitrogen and oxygen atoms in total. The summed E-state index contributed by atoms with van der Waals surface area (Å²) >= 11 is 0. The van der Waals surface area contributed by atoms with Crippen molar-refractivity contribution in [2.45, 2.75) is 64.3 Å². The predicted molar refractivity (Wildman–Crippen MR) is 129 cm³/mol. The fourth-order valence-electron chi connectivity index (χ4n) is 3.27. The highest BCUT2D eigenvalue weighted by Gasteiger charge is 2.21. The van der Waals surface area contributed by atoms with Gasteiger partial charge in [0.2, 0.25) is 11.8 Å². The molecule has 0 saturated carbocycles. The van der Waals surface area contributed by atoms with Gasteiger partial charge in [-0.05, 0) is 48.1 Å². The van der Waals surface area contributed by atoms with E-state index in [0.717, 1.165) is 5.56 Å². The zero-order valence-corrected chi connectivity index (χ0v) is 19.5. The van der Waals surface area contributed by atoms with E-state index in [1.165, 1.54) is 0 Å². The predicted octanol–water partition coefficient (Wildman–Crippen LogP) is 4.57. The number of hydrogen-bond acceptors (Lipinski definition) is 4. The van der Waals surface area contributed by atoms with Gasteiger partial charge < -0.3 is 16.0 Å². The summed E-state index contributed by atoms with van der Waals surface area (Å²) in [5.74, 6) is -0.754. The molecule has 2 aromatic carbocycles. The molecule has 0 aliphatic heterocycles. The Hall–Kier alpha value is -3.39. The second kappa shape index (κ2) is 12.6. The van der Waals surface area contributed by atoms with E-state index >= 15 is 0 Å². The molecule has 0 aromatic heterocycles. The van der Waals surface area contributed by atoms with Crippen LogP contribution >= 0.6 is 0 Å². The molecule has 0 fully saturated rings. The van der Waals surface area contributed by atoms with Crippen molar-refractivity contribution in [2.75, 3.05) is 10.6 Å². The minimum Gasteiger partial charge on any atom is -0.326 e. The first-order valence-electron chi connectivity index (χ1n) is 11.2. The van der Waals surface area contributed by atoms with Crippen molar-refractivity contribution in [3.8, 4) is 0 Å². The number of para-hydroxylation sites is 1. The van der Waals surface area contributed by atoms with Crippen LogP contribution in [0.5, 0.6) is 0 Å². The monoisotopic (exact) mass is 454 g/mol. The van der Waals surface area contributed by atoms with E-state index in [0.29, 0.717) is 37.1 Å². The highest BCUT2D eigenvalue weighted by atomic mass is 16.5. The molecule has 5 N–H and O–H groups in total. The van der Waals surface area contributed by atoms with Crippen LogP contribution in [0.15, 0.2) is 54.6 Å². The molecule has 0 bridgehead atoms. The fraction of sp³-hybridized carbons (Fsp3) is 0.400. The zero-order valence-electron chi connectivity index (χ0n) is 19.5. The topological polar surface area (TPSA) is 120 Å². The van der Waals surface area contributed by atoms with Crippen LogP contribution in [0.25, 0.3) is 0 Å². The Labute approximate surface area is 195 Å². The molecule has 33 heavy (non-hydrogen) atoms. The van der Waals surface area contributed by atoms with E-state index in [4.69, 9.17) is 5.21 Å². The van der Waals surface area contributed by atoms with Crippen LogP contribution in [-0.4, -0.2) is 29.1 Å². The number of unbranched alkanes of at least 4 members (excludes halogenated alkanes) is 2. The zero-order chi connectivity index (χ0) is 24.3. The molecule has 2 rings (SSSR count). The third-order valence-corrected chi connectivity index (χ3v) is 5.19. The van der Waals surface area contributed by atoms with Gasteiger partial charge in [0.05, 0.1) is 0 Å². The smallest absolute Gasteiger partial charge is 0.319 e. The van der Waals surface area contributed by atoms with Gasteiger partial charge in [-0.15, -0.1) is 0 Å². The van der Waals surface area contributed by atoms with Gasteiger partial charge in [0.25, 0.3) is 0 Å². The summed E-state index contributed by atoms with van der Waals surface area (Å²) in [6, 6.07) is 15.4. The van der Waals surface area contributed by atoms with Gasteiger partial charge in [0.15, 0.2) is 0 Å². The molecule has 0 heterocycles. The van der Waals surface area contributed by atoms with E-state index in [1.54, 1.807) is 17.6 Å². The lowest BCUT2D eigenvalue weighted by molar-refractivity contribution is -0.129. The van der Waals surface area contributed by atoms with Gasteiger partial charge in [-0.2, -0.15) is 0 Å². The number of hydrogen-bond donors (Lipinski definition) is 5. The van der Waals surface area contributed by atoms with Gasteiger partial charge in [-0.25, -0.2) is 10.3 Å². The van der Waals surface area contributed by atoms with E-state index in [1.807, 2.05) is 42.5 Å². The molecular formula is C25H34N4O4. The van der Waals surface area contributed by atoms with Gasteiger partial charge in [-0.3, -0.25) is 14.8 Å². The summed E-state index contributed by atoms with van der Waals surface area (Å²) in [4.78, 5) is 36.5. The quantitative estimate of drug-likeness (QED) is 0.205. The number of rotatable bonds is 10. The molecular weight excluding hydrogens is 420 g/mol. The van der Waals surface area contributed by atoms with Crippen LogP contribution in [-0.2, 0) is 15.0 Å². The average molecular weight is 455 g/mol. The first-order valence-corrected chi connectivity index (χ1v) is 11.2. The number of hydroxylamine groups is 1. The summed E-state index contributed by atoms with van der Waals surface area (Å²) in [5.41, 5.74) is 4.05. The average Bonchev–Trinajstić information content (AvgIpc) is 2.78. The summed E-state index contributed by atoms with van der Waals surface area (Å²) in [6.07, 6.45) is 2.50. The van der Waals surface area contributed by atoms with Crippen molar-refractivity contribution in [2.24, 2.45) is 0 Å². The largest absolute Gasteiger partial charge is 0.326 e. The highest BCUT2D eigenvalue weighted by Crippen LogP contribution is 2.23. The second-order valence-electron chi connectivity index (χ2n) is 8.97. The van der Waals surface area contributed by atoms with E-state index in [-0.39, 0.29) is 17.7 Å². The second-order valence-corrected chi connectivity index (χ2v) is 8.97. The lowest BCUT2D eigenvalue weighted by Gasteiger charge is -2.20. The van der Waals surface area contributed by atoms with Crippen molar-refractivity contribution in [1.82, 2.24) is 10.8 Å². The lowest BCUT2D eigenvalue weighted by Crippen LogP contribution is -2.45. The third kappa shape index (κ3) is 9.33. The number of anilines is 2. The summed E-state index contributed by atoms with van der Waals surface area (Å²) < 4.78 is 0. The fourth-order valence-corrected chi connectivity index (χ4v) is 3.27. The summed E-state index contributed by atoms with van der Waals surface area (Å²) in [6.45, 7) is 6.36. The maximum Gasteiger partial charge on any atom is 0.319 e. The van der Waals surface area contributed by atoms with Crippen LogP contribution in [0.2, 0.25) is 0 Å². The molecule has 2 aromatic rings. The normalized spacial score (nSPS) is 11.9. The van der Waals surface area contributed by atoms with Crippen LogP contribution < -0.4 is 21.4 Å². The molecule has 1 atom stereocenters. The van der Waals surface area contributed by atoms with Gasteiger partial charge in [0, 0.05) is 17.8 Å². The van der Waals surface area contributed by atoms with Gasteiger partial charge >= 0.3 is 6.03 Å². The van der Waals surface area contributed by atoms with Crippen molar-refractivity contribution < 1.29 is 19.6 Å². The molecule has 0 aliphatic rings. The van der Waals surface area contributed by atoms with Crippen LogP contribution in [0, 0.1) is 0 Å². The summed E-state index contributed by atoms with van der Waals surface area (Å²) in [7, 11) is 0. The van der Waals surface area contributed by atoms with E-state index in [2.05, 4.69) is 36.7 Å². The third-order valence-electron chi connectivity index (χ3n) is 5.19. The van der Waals surface area contributed by atoms with Crippen molar-refractivity contribution >= 4 is 29.2 Å². The minimum atomic E-state index is -0.745. The molecule has 8 heteroatoms. The molecule has 0 aliphatic carbocycles. The Morgan fingerprint density at radius 1 is 0.848 bits per heavy atom. The maximum absolute atomic E-state index is 12.8. The minimum absolute atomic E-state index is 0.0132. The molecule has 0 radical (unpaired) electrons. The first-order chi connectivity index (χ1) is 15.7. The highest BCUT2D eigenvalue weighted by molar-refractivity contribution is 5.99. The van der Waals surface area contributed by atoms with Crippen molar-refractivity contribution in [1.29, 1.82) is 0 Å². The first kappa shape index (κ1) is 25.9. The van der Waals surface area contributed by atoms with Crippen molar-refractivity contribution in [3.05, 3.63) is 60.2 Å². The maximum atomic E-state index is 12.8. The number of carbonyl (C=O) groups is 3.